The second-order valence-corrected chi connectivity index (χ2v) is 9.57. The van der Waals surface area contributed by atoms with Crippen molar-refractivity contribution < 1.29 is 18.8 Å². The van der Waals surface area contributed by atoms with E-state index < -0.39 is 17.1 Å². The number of carbonyl (C=O) groups is 3. The molecule has 3 aromatic carbocycles. The van der Waals surface area contributed by atoms with Crippen LogP contribution in [-0.2, 0) is 16.1 Å². The zero-order valence-electron chi connectivity index (χ0n) is 19.4. The molecule has 6 nitrogen and oxygen atoms in total. The largest absolute Gasteiger partial charge is 0.343 e. The lowest BCUT2D eigenvalue weighted by atomic mass is 10.1. The number of amides is 3. The van der Waals surface area contributed by atoms with Gasteiger partial charge in [0.15, 0.2) is 0 Å². The Balaban J connectivity index is 1.29. The van der Waals surface area contributed by atoms with Gasteiger partial charge in [0.1, 0.15) is 12.4 Å². The maximum Gasteiger partial charge on any atom is 0.294 e. The lowest BCUT2D eigenvalue weighted by Crippen LogP contribution is -2.36. The number of carbonyl (C=O) groups excluding carboxylic acids is 3. The Labute approximate surface area is 211 Å². The Bertz CT molecular complexity index is 1540. The molecular formula is C28H22FN3O3S. The fraction of sp³-hybridized carbons (Fsp3) is 0.107. The number of nitrogens with zero attached hydrogens (tertiary/aromatic N) is 2. The quantitative estimate of drug-likeness (QED) is 0.340. The summed E-state index contributed by atoms with van der Waals surface area (Å²) < 4.78 is 15.6. The molecule has 5 rings (SSSR count). The van der Waals surface area contributed by atoms with Crippen LogP contribution in [0.25, 0.3) is 17.0 Å². The van der Waals surface area contributed by atoms with Crippen molar-refractivity contribution >= 4 is 51.5 Å². The van der Waals surface area contributed by atoms with Gasteiger partial charge in [-0.3, -0.25) is 19.3 Å². The van der Waals surface area contributed by atoms with E-state index >= 15 is 0 Å². The first kappa shape index (κ1) is 23.6. The summed E-state index contributed by atoms with van der Waals surface area (Å²) >= 11 is 0.819. The molecule has 0 unspecified atom stereocenters. The second-order valence-electron chi connectivity index (χ2n) is 8.58. The molecule has 1 fully saturated rings. The van der Waals surface area contributed by atoms with Gasteiger partial charge in [-0.25, -0.2) is 4.39 Å². The lowest BCUT2D eigenvalue weighted by molar-refractivity contribution is -0.127. The number of hydrogen-bond donors (Lipinski definition) is 1. The molecule has 3 amide bonds. The molecule has 0 atom stereocenters. The fourth-order valence-electron chi connectivity index (χ4n) is 4.13. The van der Waals surface area contributed by atoms with E-state index in [1.165, 1.54) is 12.1 Å². The van der Waals surface area contributed by atoms with Crippen molar-refractivity contribution in [3.05, 3.63) is 106 Å². The van der Waals surface area contributed by atoms with Crippen molar-refractivity contribution in [2.45, 2.75) is 13.5 Å². The molecule has 1 aliphatic rings. The number of benzene rings is 3. The summed E-state index contributed by atoms with van der Waals surface area (Å²) in [5.41, 5.74) is 4.19. The number of halogens is 1. The maximum absolute atomic E-state index is 13.5. The molecule has 1 aromatic heterocycles. The van der Waals surface area contributed by atoms with E-state index in [1.54, 1.807) is 18.2 Å². The van der Waals surface area contributed by atoms with Gasteiger partial charge in [-0.05, 0) is 83.9 Å². The van der Waals surface area contributed by atoms with Crippen LogP contribution in [0.5, 0.6) is 0 Å². The summed E-state index contributed by atoms with van der Waals surface area (Å²) in [4.78, 5) is 39.0. The highest BCUT2D eigenvalue weighted by molar-refractivity contribution is 8.18. The second kappa shape index (κ2) is 9.83. The summed E-state index contributed by atoms with van der Waals surface area (Å²) in [5, 5.41) is 3.20. The highest BCUT2D eigenvalue weighted by atomic mass is 32.2. The molecule has 1 N–H and O–H groups in total. The number of thioether (sulfide) groups is 1. The molecule has 1 saturated heterocycles. The third kappa shape index (κ3) is 5.08. The number of nitrogens with one attached hydrogen (secondary N) is 1. The van der Waals surface area contributed by atoms with E-state index in [0.29, 0.717) is 12.2 Å². The van der Waals surface area contributed by atoms with Crippen molar-refractivity contribution in [2.75, 3.05) is 11.9 Å². The van der Waals surface area contributed by atoms with Crippen molar-refractivity contribution in [1.82, 2.24) is 9.47 Å². The van der Waals surface area contributed by atoms with Gasteiger partial charge in [0.25, 0.3) is 11.1 Å². The van der Waals surface area contributed by atoms with E-state index in [4.69, 9.17) is 0 Å². The summed E-state index contributed by atoms with van der Waals surface area (Å²) in [7, 11) is 0. The van der Waals surface area contributed by atoms with Crippen molar-refractivity contribution in [3.8, 4) is 0 Å². The Morgan fingerprint density at radius 1 is 1.03 bits per heavy atom. The van der Waals surface area contributed by atoms with Crippen LogP contribution in [0.2, 0.25) is 0 Å². The van der Waals surface area contributed by atoms with Crippen LogP contribution >= 0.6 is 11.8 Å². The topological polar surface area (TPSA) is 71.4 Å². The molecule has 8 heteroatoms. The first-order valence-electron chi connectivity index (χ1n) is 11.3. The molecule has 36 heavy (non-hydrogen) atoms. The van der Waals surface area contributed by atoms with Crippen LogP contribution in [0.15, 0.2) is 83.9 Å². The lowest BCUT2D eigenvalue weighted by Gasteiger charge is -2.12. The zero-order chi connectivity index (χ0) is 25.2. The van der Waals surface area contributed by atoms with Crippen LogP contribution in [-0.4, -0.2) is 33.1 Å². The molecule has 4 aromatic rings. The SMILES string of the molecule is Cc1cccc(NC(=O)CN2C(=O)S/C(=C/c3ccc4c(ccn4Cc4cccc(F)c4)c3)C2=O)c1. The van der Waals surface area contributed by atoms with Gasteiger partial charge in [-0.15, -0.1) is 0 Å². The predicted octanol–water partition coefficient (Wildman–Crippen LogP) is 5.81. The Kier molecular flexibility index (Phi) is 6.43. The number of fused-ring (bicyclic) bond motifs is 1. The molecule has 2 heterocycles. The summed E-state index contributed by atoms with van der Waals surface area (Å²) in [6, 6.07) is 21.5. The van der Waals surface area contributed by atoms with Gasteiger partial charge in [0, 0.05) is 29.3 Å². The molecule has 0 spiro atoms. The monoisotopic (exact) mass is 499 g/mol. The van der Waals surface area contributed by atoms with Gasteiger partial charge in [-0.2, -0.15) is 0 Å². The zero-order valence-corrected chi connectivity index (χ0v) is 20.2. The van der Waals surface area contributed by atoms with Crippen molar-refractivity contribution in [1.29, 1.82) is 0 Å². The van der Waals surface area contributed by atoms with Crippen molar-refractivity contribution in [3.63, 3.8) is 0 Å². The number of rotatable bonds is 6. The van der Waals surface area contributed by atoms with Gasteiger partial charge < -0.3 is 9.88 Å². The number of aryl methyl sites for hydroxylation is 1. The highest BCUT2D eigenvalue weighted by Gasteiger charge is 2.36. The molecular weight excluding hydrogens is 477 g/mol. The molecule has 0 radical (unpaired) electrons. The van der Waals surface area contributed by atoms with Crippen LogP contribution in [0.3, 0.4) is 0 Å². The highest BCUT2D eigenvalue weighted by Crippen LogP contribution is 2.32. The molecule has 0 bridgehead atoms. The Hall–Kier alpha value is -4.17. The van der Waals surface area contributed by atoms with Crippen LogP contribution in [0.1, 0.15) is 16.7 Å². The van der Waals surface area contributed by atoms with E-state index in [1.807, 2.05) is 66.2 Å². The number of aromatic nitrogens is 1. The minimum Gasteiger partial charge on any atom is -0.343 e. The molecule has 0 aliphatic carbocycles. The Morgan fingerprint density at radius 3 is 2.67 bits per heavy atom. The molecule has 0 saturated carbocycles. The standard InChI is InChI=1S/C28H22FN3O3S/c1-18-4-2-7-23(12-18)30-26(33)17-32-27(34)25(36-28(32)35)15-19-8-9-24-21(13-19)10-11-31(24)16-20-5-3-6-22(29)14-20/h2-15H,16-17H2,1H3,(H,30,33)/b25-15+. The van der Waals surface area contributed by atoms with Gasteiger partial charge >= 0.3 is 0 Å². The van der Waals surface area contributed by atoms with Gasteiger partial charge in [-0.1, -0.05) is 30.3 Å². The normalized spacial score (nSPS) is 14.7. The minimum absolute atomic E-state index is 0.266. The average molecular weight is 500 g/mol. The van der Waals surface area contributed by atoms with Crippen LogP contribution < -0.4 is 5.32 Å². The van der Waals surface area contributed by atoms with Crippen LogP contribution in [0.4, 0.5) is 14.9 Å². The average Bonchev–Trinajstić information content (AvgIpc) is 3.34. The Morgan fingerprint density at radius 2 is 1.86 bits per heavy atom. The van der Waals surface area contributed by atoms with Gasteiger partial charge in [0.2, 0.25) is 5.91 Å². The number of imide groups is 1. The predicted molar refractivity (Wildman–Crippen MR) is 140 cm³/mol. The van der Waals surface area contributed by atoms with Crippen molar-refractivity contribution in [2.24, 2.45) is 0 Å². The number of anilines is 1. The smallest absolute Gasteiger partial charge is 0.294 e. The first-order chi connectivity index (χ1) is 17.4. The summed E-state index contributed by atoms with van der Waals surface area (Å²) in [6.07, 6.45) is 3.59. The third-order valence-corrected chi connectivity index (χ3v) is 6.72. The third-order valence-electron chi connectivity index (χ3n) is 5.81. The van der Waals surface area contributed by atoms with Crippen LogP contribution in [0, 0.1) is 12.7 Å². The fourth-order valence-corrected chi connectivity index (χ4v) is 4.97. The summed E-state index contributed by atoms with van der Waals surface area (Å²) in [5.74, 6) is -1.20. The van der Waals surface area contributed by atoms with E-state index in [-0.39, 0.29) is 17.3 Å². The van der Waals surface area contributed by atoms with E-state index in [2.05, 4.69) is 5.32 Å². The number of hydrogen-bond acceptors (Lipinski definition) is 4. The van der Waals surface area contributed by atoms with Gasteiger partial charge in [0.05, 0.1) is 4.91 Å². The summed E-state index contributed by atoms with van der Waals surface area (Å²) in [6.45, 7) is 2.09. The van der Waals surface area contributed by atoms with E-state index in [0.717, 1.165) is 44.3 Å². The minimum atomic E-state index is -0.492. The maximum atomic E-state index is 13.5. The molecule has 180 valence electrons. The first-order valence-corrected chi connectivity index (χ1v) is 12.1. The molecule has 1 aliphatic heterocycles. The van der Waals surface area contributed by atoms with E-state index in [9.17, 15) is 18.8 Å².